The Morgan fingerprint density at radius 2 is 2.28 bits per heavy atom. The molecular weight excluding hydrogens is 250 g/mol. The van der Waals surface area contributed by atoms with E-state index < -0.39 is 5.97 Å². The average molecular weight is 263 g/mol. The third kappa shape index (κ3) is 2.68. The molecule has 5 heteroatoms. The maximum atomic E-state index is 11.1. The monoisotopic (exact) mass is 263 g/mol. The first kappa shape index (κ1) is 12.6. The van der Waals surface area contributed by atoms with E-state index in [0.29, 0.717) is 17.0 Å². The van der Waals surface area contributed by atoms with Gasteiger partial charge in [0, 0.05) is 6.42 Å². The SMILES string of the molecule is COc1cccc(Cc2nc(C)sc2C(=O)O)c1. The predicted molar refractivity (Wildman–Crippen MR) is 69.6 cm³/mol. The number of methoxy groups -OCH3 is 1. The molecule has 0 saturated heterocycles. The lowest BCUT2D eigenvalue weighted by molar-refractivity contribution is 0.0701. The summed E-state index contributed by atoms with van der Waals surface area (Å²) < 4.78 is 5.14. The van der Waals surface area contributed by atoms with Gasteiger partial charge in [0.1, 0.15) is 10.6 Å². The number of carboxylic acid groups (broad SMARTS) is 1. The fourth-order valence-corrected chi connectivity index (χ4v) is 2.51. The molecule has 0 aliphatic rings. The van der Waals surface area contributed by atoms with E-state index >= 15 is 0 Å². The fraction of sp³-hybridized carbons (Fsp3) is 0.231. The summed E-state index contributed by atoms with van der Waals surface area (Å²) in [6.07, 6.45) is 0.503. The van der Waals surface area contributed by atoms with Gasteiger partial charge in [0.15, 0.2) is 0 Å². The van der Waals surface area contributed by atoms with Crippen molar-refractivity contribution < 1.29 is 14.6 Å². The standard InChI is InChI=1S/C13H13NO3S/c1-8-14-11(12(18-8)13(15)16)7-9-4-3-5-10(6-9)17-2/h3-6H,7H2,1-2H3,(H,15,16). The number of aryl methyl sites for hydroxylation is 1. The lowest BCUT2D eigenvalue weighted by atomic mass is 10.1. The minimum Gasteiger partial charge on any atom is -0.497 e. The van der Waals surface area contributed by atoms with E-state index in [0.717, 1.165) is 16.3 Å². The summed E-state index contributed by atoms with van der Waals surface area (Å²) in [5.74, 6) is -0.158. The quantitative estimate of drug-likeness (QED) is 0.921. The summed E-state index contributed by atoms with van der Waals surface area (Å²) in [7, 11) is 1.61. The molecule has 94 valence electrons. The van der Waals surface area contributed by atoms with Gasteiger partial charge in [-0.3, -0.25) is 0 Å². The van der Waals surface area contributed by atoms with Gasteiger partial charge < -0.3 is 9.84 Å². The molecule has 0 atom stereocenters. The molecule has 2 rings (SSSR count). The van der Waals surface area contributed by atoms with Crippen molar-refractivity contribution in [3.63, 3.8) is 0 Å². The van der Waals surface area contributed by atoms with Crippen LogP contribution in [0.3, 0.4) is 0 Å². The zero-order chi connectivity index (χ0) is 13.1. The van der Waals surface area contributed by atoms with Gasteiger partial charge in [-0.25, -0.2) is 9.78 Å². The van der Waals surface area contributed by atoms with Crippen LogP contribution >= 0.6 is 11.3 Å². The molecule has 1 N–H and O–H groups in total. The molecule has 0 spiro atoms. The summed E-state index contributed by atoms with van der Waals surface area (Å²) >= 11 is 1.21. The molecule has 2 aromatic rings. The first-order chi connectivity index (χ1) is 8.60. The summed E-state index contributed by atoms with van der Waals surface area (Å²) in [5, 5.41) is 9.87. The summed E-state index contributed by atoms with van der Waals surface area (Å²) in [4.78, 5) is 15.7. The number of hydrogen-bond donors (Lipinski definition) is 1. The van der Waals surface area contributed by atoms with E-state index in [2.05, 4.69) is 4.98 Å². The highest BCUT2D eigenvalue weighted by Gasteiger charge is 2.15. The van der Waals surface area contributed by atoms with Crippen LogP contribution in [0.5, 0.6) is 5.75 Å². The molecule has 0 aliphatic heterocycles. The van der Waals surface area contributed by atoms with Crippen LogP contribution in [-0.4, -0.2) is 23.2 Å². The number of benzene rings is 1. The van der Waals surface area contributed by atoms with Crippen molar-refractivity contribution in [1.29, 1.82) is 0 Å². The van der Waals surface area contributed by atoms with Gasteiger partial charge in [0.05, 0.1) is 17.8 Å². The number of carboxylic acids is 1. The maximum absolute atomic E-state index is 11.1. The van der Waals surface area contributed by atoms with Crippen molar-refractivity contribution in [2.75, 3.05) is 7.11 Å². The molecule has 18 heavy (non-hydrogen) atoms. The Morgan fingerprint density at radius 1 is 1.50 bits per heavy atom. The van der Waals surface area contributed by atoms with Crippen LogP contribution in [0.2, 0.25) is 0 Å². The summed E-state index contributed by atoms with van der Waals surface area (Å²) in [6, 6.07) is 7.56. The highest BCUT2D eigenvalue weighted by Crippen LogP contribution is 2.22. The van der Waals surface area contributed by atoms with Crippen molar-refractivity contribution in [2.45, 2.75) is 13.3 Å². The first-order valence-electron chi connectivity index (χ1n) is 5.42. The second kappa shape index (κ2) is 5.18. The average Bonchev–Trinajstić information content (AvgIpc) is 2.70. The first-order valence-corrected chi connectivity index (χ1v) is 6.24. The van der Waals surface area contributed by atoms with Crippen LogP contribution in [0.15, 0.2) is 24.3 Å². The number of aromatic carboxylic acids is 1. The second-order valence-corrected chi connectivity index (χ2v) is 5.05. The molecule has 1 heterocycles. The van der Waals surface area contributed by atoms with Crippen LogP contribution in [0.1, 0.15) is 25.9 Å². The molecule has 0 unspecified atom stereocenters. The largest absolute Gasteiger partial charge is 0.497 e. The number of ether oxygens (including phenoxy) is 1. The molecular formula is C13H13NO3S. The highest BCUT2D eigenvalue weighted by atomic mass is 32.1. The Kier molecular flexibility index (Phi) is 3.62. The minimum atomic E-state index is -0.918. The maximum Gasteiger partial charge on any atom is 0.347 e. The zero-order valence-electron chi connectivity index (χ0n) is 10.1. The summed E-state index contributed by atoms with van der Waals surface area (Å²) in [5.41, 5.74) is 1.60. The number of aromatic nitrogens is 1. The van der Waals surface area contributed by atoms with E-state index in [-0.39, 0.29) is 0 Å². The number of hydrogen-bond acceptors (Lipinski definition) is 4. The van der Waals surface area contributed by atoms with Gasteiger partial charge in [-0.05, 0) is 24.6 Å². The highest BCUT2D eigenvalue weighted by molar-refractivity contribution is 7.13. The van der Waals surface area contributed by atoms with Gasteiger partial charge in [0.25, 0.3) is 0 Å². The molecule has 0 aliphatic carbocycles. The summed E-state index contributed by atoms with van der Waals surface area (Å²) in [6.45, 7) is 1.81. The number of thiazole rings is 1. The Bertz CT molecular complexity index is 577. The Balaban J connectivity index is 2.30. The third-order valence-electron chi connectivity index (χ3n) is 2.50. The zero-order valence-corrected chi connectivity index (χ0v) is 11.0. The van der Waals surface area contributed by atoms with E-state index in [9.17, 15) is 4.79 Å². The molecule has 0 bridgehead atoms. The van der Waals surface area contributed by atoms with Crippen LogP contribution in [0.25, 0.3) is 0 Å². The van der Waals surface area contributed by atoms with Gasteiger partial charge >= 0.3 is 5.97 Å². The predicted octanol–water partition coefficient (Wildman–Crippen LogP) is 2.75. The van der Waals surface area contributed by atoms with Crippen LogP contribution in [-0.2, 0) is 6.42 Å². The van der Waals surface area contributed by atoms with Crippen molar-refractivity contribution in [1.82, 2.24) is 4.98 Å². The lowest BCUT2D eigenvalue weighted by Crippen LogP contribution is -2.00. The van der Waals surface area contributed by atoms with E-state index in [1.807, 2.05) is 31.2 Å². The van der Waals surface area contributed by atoms with Crippen molar-refractivity contribution in [3.8, 4) is 5.75 Å². The van der Waals surface area contributed by atoms with Gasteiger partial charge in [-0.15, -0.1) is 11.3 Å². The smallest absolute Gasteiger partial charge is 0.347 e. The van der Waals surface area contributed by atoms with E-state index in [4.69, 9.17) is 9.84 Å². The van der Waals surface area contributed by atoms with Crippen molar-refractivity contribution in [2.24, 2.45) is 0 Å². The van der Waals surface area contributed by atoms with Gasteiger partial charge in [-0.1, -0.05) is 12.1 Å². The van der Waals surface area contributed by atoms with E-state index in [1.165, 1.54) is 11.3 Å². The van der Waals surface area contributed by atoms with Crippen molar-refractivity contribution in [3.05, 3.63) is 45.4 Å². The minimum absolute atomic E-state index is 0.315. The van der Waals surface area contributed by atoms with Crippen LogP contribution < -0.4 is 4.74 Å². The van der Waals surface area contributed by atoms with Crippen molar-refractivity contribution >= 4 is 17.3 Å². The molecule has 0 radical (unpaired) electrons. The van der Waals surface area contributed by atoms with E-state index in [1.54, 1.807) is 7.11 Å². The topological polar surface area (TPSA) is 59.4 Å². The number of nitrogens with zero attached hydrogens (tertiary/aromatic N) is 1. The molecule has 0 fully saturated rings. The third-order valence-corrected chi connectivity index (χ3v) is 3.51. The van der Waals surface area contributed by atoms with Crippen LogP contribution in [0.4, 0.5) is 0 Å². The normalized spacial score (nSPS) is 10.3. The number of rotatable bonds is 4. The number of carbonyl (C=O) groups is 1. The lowest BCUT2D eigenvalue weighted by Gasteiger charge is -2.03. The molecule has 1 aromatic carbocycles. The fourth-order valence-electron chi connectivity index (χ4n) is 1.73. The Hall–Kier alpha value is -1.88. The molecule has 4 nitrogen and oxygen atoms in total. The van der Waals surface area contributed by atoms with Crippen LogP contribution in [0, 0.1) is 6.92 Å². The van der Waals surface area contributed by atoms with Gasteiger partial charge in [-0.2, -0.15) is 0 Å². The molecule has 0 saturated carbocycles. The molecule has 1 aromatic heterocycles. The Morgan fingerprint density at radius 3 is 2.94 bits per heavy atom. The van der Waals surface area contributed by atoms with Gasteiger partial charge in [0.2, 0.25) is 0 Å². The Labute approximate surface area is 109 Å². The second-order valence-electron chi connectivity index (χ2n) is 3.84. The molecule has 0 amide bonds.